The predicted octanol–water partition coefficient (Wildman–Crippen LogP) is 4.82. The van der Waals surface area contributed by atoms with Gasteiger partial charge in [-0.15, -0.1) is 0 Å². The largest absolute Gasteiger partial charge is 0.307 e. The smallest absolute Gasteiger partial charge is 0.124 e. The van der Waals surface area contributed by atoms with Gasteiger partial charge in [0, 0.05) is 17.1 Å². The molecule has 0 fully saturated rings. The summed E-state index contributed by atoms with van der Waals surface area (Å²) in [6, 6.07) is 7.12. The molecule has 1 N–H and O–H groups in total. The van der Waals surface area contributed by atoms with Crippen LogP contribution in [-0.4, -0.2) is 6.04 Å². The van der Waals surface area contributed by atoms with Gasteiger partial charge in [0.25, 0.3) is 0 Å². The molecule has 1 aromatic heterocycles. The number of halogens is 2. The van der Waals surface area contributed by atoms with Gasteiger partial charge in [-0.2, -0.15) is 11.3 Å². The summed E-state index contributed by atoms with van der Waals surface area (Å²) in [7, 11) is 0. The molecule has 0 aliphatic carbocycles. The van der Waals surface area contributed by atoms with Crippen LogP contribution in [0.25, 0.3) is 0 Å². The van der Waals surface area contributed by atoms with Gasteiger partial charge in [0.1, 0.15) is 5.82 Å². The molecule has 0 saturated carbocycles. The van der Waals surface area contributed by atoms with E-state index in [9.17, 15) is 4.39 Å². The molecular formula is C15H17ClFNS. The highest BCUT2D eigenvalue weighted by molar-refractivity contribution is 7.07. The monoisotopic (exact) mass is 297 g/mol. The first-order chi connectivity index (χ1) is 9.06. The maximum absolute atomic E-state index is 13.0. The minimum absolute atomic E-state index is 0.0988. The van der Waals surface area contributed by atoms with Crippen molar-refractivity contribution in [3.05, 3.63) is 57.0 Å². The van der Waals surface area contributed by atoms with Gasteiger partial charge in [-0.05, 0) is 60.4 Å². The van der Waals surface area contributed by atoms with Crippen molar-refractivity contribution in [3.63, 3.8) is 0 Å². The Morgan fingerprint density at radius 2 is 2.11 bits per heavy atom. The Bertz CT molecular complexity index is 527. The van der Waals surface area contributed by atoms with Crippen LogP contribution in [0.2, 0.25) is 5.02 Å². The van der Waals surface area contributed by atoms with Crippen LogP contribution in [0, 0.1) is 5.82 Å². The van der Waals surface area contributed by atoms with Crippen molar-refractivity contribution >= 4 is 22.9 Å². The normalized spacial score (nSPS) is 14.3. The minimum Gasteiger partial charge on any atom is -0.307 e. The van der Waals surface area contributed by atoms with Crippen molar-refractivity contribution in [3.8, 4) is 0 Å². The van der Waals surface area contributed by atoms with Gasteiger partial charge in [0.2, 0.25) is 0 Å². The summed E-state index contributed by atoms with van der Waals surface area (Å²) < 4.78 is 13.0. The summed E-state index contributed by atoms with van der Waals surface area (Å²) in [5.41, 5.74) is 2.27. The molecule has 0 amide bonds. The quantitative estimate of drug-likeness (QED) is 0.834. The fourth-order valence-corrected chi connectivity index (χ4v) is 3.20. The summed E-state index contributed by atoms with van der Waals surface area (Å²) in [4.78, 5) is 0. The standard InChI is InChI=1S/C15H17ClFNS/c1-10(7-12-5-6-19-9-12)18-11(2)14-4-3-13(17)8-15(14)16/h3-6,8-11,18H,7H2,1-2H3. The zero-order valence-electron chi connectivity index (χ0n) is 11.0. The molecule has 2 atom stereocenters. The third-order valence-electron chi connectivity index (χ3n) is 3.09. The molecule has 2 aromatic rings. The number of nitrogens with one attached hydrogen (secondary N) is 1. The van der Waals surface area contributed by atoms with E-state index in [4.69, 9.17) is 11.6 Å². The van der Waals surface area contributed by atoms with Gasteiger partial charge < -0.3 is 5.32 Å². The number of rotatable bonds is 5. The van der Waals surface area contributed by atoms with Crippen LogP contribution in [0.5, 0.6) is 0 Å². The number of benzene rings is 1. The first-order valence-electron chi connectivity index (χ1n) is 6.28. The molecule has 0 saturated heterocycles. The van der Waals surface area contributed by atoms with E-state index in [1.54, 1.807) is 17.4 Å². The van der Waals surface area contributed by atoms with Crippen LogP contribution in [0.1, 0.15) is 31.0 Å². The van der Waals surface area contributed by atoms with Gasteiger partial charge in [0.05, 0.1) is 0 Å². The molecule has 0 aliphatic heterocycles. The predicted molar refractivity (Wildman–Crippen MR) is 80.4 cm³/mol. The van der Waals surface area contributed by atoms with Gasteiger partial charge in [-0.1, -0.05) is 17.7 Å². The van der Waals surface area contributed by atoms with E-state index >= 15 is 0 Å². The second kappa shape index (κ2) is 6.51. The number of hydrogen-bond donors (Lipinski definition) is 1. The highest BCUT2D eigenvalue weighted by Gasteiger charge is 2.13. The zero-order chi connectivity index (χ0) is 13.8. The Kier molecular flexibility index (Phi) is 4.97. The highest BCUT2D eigenvalue weighted by Crippen LogP contribution is 2.24. The fourth-order valence-electron chi connectivity index (χ4n) is 2.19. The average Bonchev–Trinajstić information content (AvgIpc) is 2.81. The van der Waals surface area contributed by atoms with Crippen LogP contribution in [0.4, 0.5) is 4.39 Å². The molecule has 1 heterocycles. The SMILES string of the molecule is CC(Cc1ccsc1)NC(C)c1ccc(F)cc1Cl. The molecule has 2 rings (SSSR count). The first-order valence-corrected chi connectivity index (χ1v) is 7.60. The Hall–Kier alpha value is -0.900. The van der Waals surface area contributed by atoms with Crippen LogP contribution < -0.4 is 5.32 Å². The van der Waals surface area contributed by atoms with Crippen molar-refractivity contribution in [2.45, 2.75) is 32.4 Å². The van der Waals surface area contributed by atoms with E-state index in [1.165, 1.54) is 17.7 Å². The summed E-state index contributed by atoms with van der Waals surface area (Å²) in [6.45, 7) is 4.19. The van der Waals surface area contributed by atoms with Gasteiger partial charge in [-0.3, -0.25) is 0 Å². The average molecular weight is 298 g/mol. The van der Waals surface area contributed by atoms with Crippen molar-refractivity contribution < 1.29 is 4.39 Å². The number of thiophene rings is 1. The fraction of sp³-hybridized carbons (Fsp3) is 0.333. The molecule has 0 aliphatic rings. The molecule has 4 heteroatoms. The number of hydrogen-bond acceptors (Lipinski definition) is 2. The molecule has 1 nitrogen and oxygen atoms in total. The topological polar surface area (TPSA) is 12.0 Å². The third-order valence-corrected chi connectivity index (χ3v) is 4.14. The van der Waals surface area contributed by atoms with Crippen molar-refractivity contribution in [2.75, 3.05) is 0 Å². The second-order valence-electron chi connectivity index (χ2n) is 4.79. The van der Waals surface area contributed by atoms with Crippen LogP contribution >= 0.6 is 22.9 Å². The Morgan fingerprint density at radius 3 is 2.74 bits per heavy atom. The Balaban J connectivity index is 1.98. The van der Waals surface area contributed by atoms with E-state index in [1.807, 2.05) is 6.92 Å². The van der Waals surface area contributed by atoms with Gasteiger partial charge >= 0.3 is 0 Å². The summed E-state index contributed by atoms with van der Waals surface area (Å²) in [6.07, 6.45) is 0.979. The van der Waals surface area contributed by atoms with E-state index in [0.717, 1.165) is 12.0 Å². The van der Waals surface area contributed by atoms with Crippen molar-refractivity contribution in [1.29, 1.82) is 0 Å². The summed E-state index contributed by atoms with van der Waals surface area (Å²) in [5, 5.41) is 8.21. The lowest BCUT2D eigenvalue weighted by molar-refractivity contribution is 0.477. The van der Waals surface area contributed by atoms with Gasteiger partial charge in [0.15, 0.2) is 0 Å². The lowest BCUT2D eigenvalue weighted by atomic mass is 10.1. The third kappa shape index (κ3) is 4.03. The molecule has 0 spiro atoms. The summed E-state index contributed by atoms with van der Waals surface area (Å²) >= 11 is 7.78. The van der Waals surface area contributed by atoms with Crippen LogP contribution in [-0.2, 0) is 6.42 Å². The van der Waals surface area contributed by atoms with Crippen LogP contribution in [0.15, 0.2) is 35.0 Å². The lowest BCUT2D eigenvalue weighted by Crippen LogP contribution is -2.30. The molecule has 0 radical (unpaired) electrons. The van der Waals surface area contributed by atoms with Gasteiger partial charge in [-0.25, -0.2) is 4.39 Å². The first kappa shape index (κ1) is 14.5. The molecular weight excluding hydrogens is 281 g/mol. The van der Waals surface area contributed by atoms with Crippen molar-refractivity contribution in [1.82, 2.24) is 5.32 Å². The molecule has 102 valence electrons. The van der Waals surface area contributed by atoms with E-state index in [-0.39, 0.29) is 11.9 Å². The Morgan fingerprint density at radius 1 is 1.32 bits per heavy atom. The molecule has 19 heavy (non-hydrogen) atoms. The zero-order valence-corrected chi connectivity index (χ0v) is 12.6. The maximum Gasteiger partial charge on any atom is 0.124 e. The maximum atomic E-state index is 13.0. The molecule has 1 aromatic carbocycles. The van der Waals surface area contributed by atoms with Crippen LogP contribution in [0.3, 0.4) is 0 Å². The van der Waals surface area contributed by atoms with E-state index in [0.29, 0.717) is 11.1 Å². The Labute approximate surface area is 122 Å². The highest BCUT2D eigenvalue weighted by atomic mass is 35.5. The molecule has 2 unspecified atom stereocenters. The summed E-state index contributed by atoms with van der Waals surface area (Å²) in [5.74, 6) is -0.299. The molecule has 0 bridgehead atoms. The van der Waals surface area contributed by atoms with E-state index in [2.05, 4.69) is 29.1 Å². The second-order valence-corrected chi connectivity index (χ2v) is 5.98. The lowest BCUT2D eigenvalue weighted by Gasteiger charge is -2.21. The minimum atomic E-state index is -0.299. The van der Waals surface area contributed by atoms with Crippen molar-refractivity contribution in [2.24, 2.45) is 0 Å². The van der Waals surface area contributed by atoms with E-state index < -0.39 is 0 Å².